The van der Waals surface area contributed by atoms with Gasteiger partial charge in [-0.05, 0) is 46.8 Å². The molecule has 0 aliphatic rings. The molecule has 0 spiro atoms. The molecule has 182 valence electrons. The lowest BCUT2D eigenvalue weighted by Gasteiger charge is -2.12. The van der Waals surface area contributed by atoms with Crippen LogP contribution in [0, 0.1) is 5.82 Å². The van der Waals surface area contributed by atoms with Gasteiger partial charge in [-0.25, -0.2) is 9.37 Å². The predicted octanol–water partition coefficient (Wildman–Crippen LogP) is 5.92. The van der Waals surface area contributed by atoms with E-state index in [0.29, 0.717) is 17.0 Å². The number of carbonyl (C=O) groups is 2. The molecule has 0 radical (unpaired) electrons. The molecule has 5 rings (SSSR count). The summed E-state index contributed by atoms with van der Waals surface area (Å²) in [6.45, 7) is 0. The summed E-state index contributed by atoms with van der Waals surface area (Å²) in [5.74, 6) is -2.27. The number of nitrogens with zero attached hydrogens (tertiary/aromatic N) is 2. The van der Waals surface area contributed by atoms with Gasteiger partial charge < -0.3 is 11.1 Å². The van der Waals surface area contributed by atoms with Gasteiger partial charge in [0.2, 0.25) is 0 Å². The van der Waals surface area contributed by atoms with E-state index in [1.807, 2.05) is 17.5 Å². The number of hydrogen-bond acceptors (Lipinski definition) is 6. The summed E-state index contributed by atoms with van der Waals surface area (Å²) >= 11 is 2.04. The van der Waals surface area contributed by atoms with Crippen molar-refractivity contribution in [2.24, 2.45) is 5.73 Å². The van der Waals surface area contributed by atoms with Gasteiger partial charge in [0, 0.05) is 5.39 Å². The highest BCUT2D eigenvalue weighted by atomic mass is 32.1. The fourth-order valence-electron chi connectivity index (χ4n) is 3.57. The number of rotatable bonds is 5. The molecular weight excluding hydrogens is 518 g/mol. The third kappa shape index (κ3) is 4.33. The number of nitrogens with two attached hydrogens (primary N) is 1. The molecule has 0 fully saturated rings. The number of amides is 2. The fourth-order valence-corrected chi connectivity index (χ4v) is 5.27. The van der Waals surface area contributed by atoms with Crippen molar-refractivity contribution in [1.29, 1.82) is 0 Å². The van der Waals surface area contributed by atoms with E-state index in [4.69, 9.17) is 5.73 Å². The second-order valence-corrected chi connectivity index (χ2v) is 9.46. The fraction of sp³-hybridized carbons (Fsp3) is 0.0435. The van der Waals surface area contributed by atoms with Crippen LogP contribution in [0.3, 0.4) is 0 Å². The first-order valence-corrected chi connectivity index (χ1v) is 11.8. The van der Waals surface area contributed by atoms with Crippen molar-refractivity contribution in [3.63, 3.8) is 0 Å². The van der Waals surface area contributed by atoms with Crippen molar-refractivity contribution in [1.82, 2.24) is 15.2 Å². The average molecular weight is 532 g/mol. The minimum absolute atomic E-state index is 0.00678. The third-order valence-corrected chi connectivity index (χ3v) is 7.17. The van der Waals surface area contributed by atoms with Crippen LogP contribution < -0.4 is 11.1 Å². The molecule has 4 N–H and O–H groups in total. The van der Waals surface area contributed by atoms with Crippen LogP contribution in [-0.2, 0) is 6.18 Å². The number of H-pyrrole nitrogens is 1. The normalized spacial score (nSPS) is 11.7. The summed E-state index contributed by atoms with van der Waals surface area (Å²) in [5, 5.41) is 11.2. The Balaban J connectivity index is 1.67. The van der Waals surface area contributed by atoms with Crippen LogP contribution in [0.25, 0.3) is 31.9 Å². The van der Waals surface area contributed by atoms with Crippen molar-refractivity contribution in [2.45, 2.75) is 6.18 Å². The van der Waals surface area contributed by atoms with Gasteiger partial charge in [-0.1, -0.05) is 18.2 Å². The molecule has 7 nitrogen and oxygen atoms in total. The summed E-state index contributed by atoms with van der Waals surface area (Å²) in [7, 11) is 0. The largest absolute Gasteiger partial charge is 0.433 e. The summed E-state index contributed by atoms with van der Waals surface area (Å²) < 4.78 is 54.3. The van der Waals surface area contributed by atoms with Crippen LogP contribution in [0.4, 0.5) is 23.2 Å². The molecule has 5 aromatic rings. The van der Waals surface area contributed by atoms with Gasteiger partial charge >= 0.3 is 6.18 Å². The zero-order valence-corrected chi connectivity index (χ0v) is 19.4. The molecule has 4 aromatic heterocycles. The van der Waals surface area contributed by atoms with Crippen molar-refractivity contribution < 1.29 is 27.2 Å². The maximum absolute atomic E-state index is 13.6. The van der Waals surface area contributed by atoms with Crippen LogP contribution in [0.15, 0.2) is 53.9 Å². The number of carbonyl (C=O) groups excluding carboxylic acids is 2. The Morgan fingerprint density at radius 3 is 2.47 bits per heavy atom. The quantitative estimate of drug-likeness (QED) is 0.244. The Bertz CT molecular complexity index is 1610. The molecule has 1 aromatic carbocycles. The number of fused-ring (bicyclic) bond motifs is 1. The predicted molar refractivity (Wildman–Crippen MR) is 128 cm³/mol. The minimum atomic E-state index is -4.80. The van der Waals surface area contributed by atoms with Crippen LogP contribution in [0.2, 0.25) is 0 Å². The number of halogens is 4. The molecule has 0 saturated carbocycles. The van der Waals surface area contributed by atoms with Crippen molar-refractivity contribution in [2.75, 3.05) is 5.32 Å². The first-order valence-electron chi connectivity index (χ1n) is 10.1. The highest BCUT2D eigenvalue weighted by Crippen LogP contribution is 2.43. The number of aromatic amines is 1. The zero-order chi connectivity index (χ0) is 25.6. The maximum Gasteiger partial charge on any atom is 0.433 e. The lowest BCUT2D eigenvalue weighted by molar-refractivity contribution is -0.140. The molecule has 4 heterocycles. The molecule has 0 aliphatic carbocycles. The molecule has 0 bridgehead atoms. The summed E-state index contributed by atoms with van der Waals surface area (Å²) in [6, 6.07) is 10.7. The van der Waals surface area contributed by atoms with E-state index < -0.39 is 29.5 Å². The summed E-state index contributed by atoms with van der Waals surface area (Å²) in [4.78, 5) is 29.4. The zero-order valence-electron chi connectivity index (χ0n) is 17.8. The van der Waals surface area contributed by atoms with Crippen LogP contribution in [0.1, 0.15) is 25.9 Å². The van der Waals surface area contributed by atoms with Crippen LogP contribution in [-0.4, -0.2) is 27.0 Å². The molecule has 0 unspecified atom stereocenters. The number of hydrogen-bond donors (Lipinski definition) is 3. The van der Waals surface area contributed by atoms with Crippen molar-refractivity contribution in [3.8, 4) is 21.7 Å². The molecule has 2 amide bonds. The number of primary amides is 1. The second-order valence-electron chi connectivity index (χ2n) is 7.51. The van der Waals surface area contributed by atoms with E-state index >= 15 is 0 Å². The maximum atomic E-state index is 13.6. The first-order chi connectivity index (χ1) is 17.1. The van der Waals surface area contributed by atoms with Gasteiger partial charge in [0.25, 0.3) is 11.8 Å². The Morgan fingerprint density at radius 2 is 1.83 bits per heavy atom. The van der Waals surface area contributed by atoms with Gasteiger partial charge in [-0.3, -0.25) is 14.7 Å². The van der Waals surface area contributed by atoms with Crippen molar-refractivity contribution >= 4 is 50.4 Å². The van der Waals surface area contributed by atoms with Crippen LogP contribution in [0.5, 0.6) is 0 Å². The number of aromatic nitrogens is 3. The first kappa shape index (κ1) is 23.6. The van der Waals surface area contributed by atoms with Gasteiger partial charge in [0.1, 0.15) is 21.2 Å². The standard InChI is InChI=1S/C23H13F4N5O2S2/c24-11-5-3-10(4-6-11)12-8-16(23(25,26)27)29-22-17(12)18(19(36-22)20(28)33)30-21(34)14-9-13(31-32-14)15-2-1-7-35-15/h1-9H,(H2,28,33)(H,30,34)(H,31,32). The number of pyridine rings is 1. The summed E-state index contributed by atoms with van der Waals surface area (Å²) in [6.07, 6.45) is -4.80. The van der Waals surface area contributed by atoms with E-state index in [0.717, 1.165) is 23.1 Å². The Labute approximate surface area is 207 Å². The Morgan fingerprint density at radius 1 is 1.08 bits per heavy atom. The highest BCUT2D eigenvalue weighted by Gasteiger charge is 2.35. The Kier molecular flexibility index (Phi) is 5.80. The van der Waals surface area contributed by atoms with E-state index in [2.05, 4.69) is 20.5 Å². The van der Waals surface area contributed by atoms with E-state index in [1.165, 1.54) is 29.5 Å². The third-order valence-electron chi connectivity index (χ3n) is 5.17. The lowest BCUT2D eigenvalue weighted by atomic mass is 10.0. The lowest BCUT2D eigenvalue weighted by Crippen LogP contribution is -2.17. The van der Waals surface area contributed by atoms with Gasteiger partial charge in [0.15, 0.2) is 5.69 Å². The number of anilines is 1. The number of nitrogens with one attached hydrogen (secondary N) is 2. The number of alkyl halides is 3. The number of benzene rings is 1. The smallest absolute Gasteiger partial charge is 0.365 e. The monoisotopic (exact) mass is 531 g/mol. The van der Waals surface area contributed by atoms with E-state index in [1.54, 1.807) is 0 Å². The van der Waals surface area contributed by atoms with E-state index in [9.17, 15) is 27.2 Å². The molecule has 0 aliphatic heterocycles. The molecule has 0 saturated heterocycles. The molecule has 36 heavy (non-hydrogen) atoms. The number of thiophene rings is 2. The minimum Gasteiger partial charge on any atom is -0.365 e. The molecule has 0 atom stereocenters. The summed E-state index contributed by atoms with van der Waals surface area (Å²) in [5.41, 5.74) is 4.96. The second kappa shape index (κ2) is 8.84. The van der Waals surface area contributed by atoms with Gasteiger partial charge in [-0.15, -0.1) is 22.7 Å². The average Bonchev–Trinajstić information content (AvgIpc) is 3.58. The highest BCUT2D eigenvalue weighted by molar-refractivity contribution is 7.21. The van der Waals surface area contributed by atoms with Crippen LogP contribution >= 0.6 is 22.7 Å². The SMILES string of the molecule is NC(=O)c1sc2nc(C(F)(F)F)cc(-c3ccc(F)cc3)c2c1NC(=O)c1cc(-c2cccs2)[nH]n1. The molecular formula is C23H13F4N5O2S2. The van der Waals surface area contributed by atoms with Gasteiger partial charge in [-0.2, -0.15) is 18.3 Å². The van der Waals surface area contributed by atoms with Crippen molar-refractivity contribution in [3.05, 3.63) is 76.0 Å². The van der Waals surface area contributed by atoms with Gasteiger partial charge in [0.05, 0.1) is 16.3 Å². The topological polar surface area (TPSA) is 114 Å². The molecule has 13 heteroatoms. The van der Waals surface area contributed by atoms with E-state index in [-0.39, 0.29) is 37.6 Å². The Hall–Kier alpha value is -4.10.